The molecule has 3 aromatic carbocycles. The Kier molecular flexibility index (Phi) is 5.98. The van der Waals surface area contributed by atoms with Crippen LogP contribution in [0.2, 0.25) is 0 Å². The zero-order valence-electron chi connectivity index (χ0n) is 18.7. The maximum atomic E-state index is 13.4. The molecule has 1 spiro atoms. The lowest BCUT2D eigenvalue weighted by atomic mass is 9.68. The summed E-state index contributed by atoms with van der Waals surface area (Å²) in [6.07, 6.45) is 2.92. The molecular formula is C28H29FN2O2. The first-order valence-corrected chi connectivity index (χ1v) is 11.8. The Morgan fingerprint density at radius 3 is 2.48 bits per heavy atom. The Hall–Kier alpha value is -3.05. The highest BCUT2D eigenvalue weighted by Crippen LogP contribution is 2.47. The summed E-state index contributed by atoms with van der Waals surface area (Å²) in [7, 11) is 0. The molecule has 1 N–H and O–H groups in total. The zero-order valence-corrected chi connectivity index (χ0v) is 18.7. The lowest BCUT2D eigenvalue weighted by molar-refractivity contribution is -0.130. The van der Waals surface area contributed by atoms with Gasteiger partial charge < -0.3 is 10.2 Å². The van der Waals surface area contributed by atoms with E-state index in [1.54, 1.807) is 0 Å². The van der Waals surface area contributed by atoms with E-state index in [0.29, 0.717) is 13.0 Å². The Morgan fingerprint density at radius 2 is 1.73 bits per heavy atom. The van der Waals surface area contributed by atoms with E-state index in [1.165, 1.54) is 12.1 Å². The van der Waals surface area contributed by atoms with Crippen LogP contribution in [0.1, 0.15) is 47.5 Å². The number of nitrogens with zero attached hydrogens (tertiary/aromatic N) is 1. The molecular weight excluding hydrogens is 415 g/mol. The van der Waals surface area contributed by atoms with Gasteiger partial charge in [-0.05, 0) is 73.4 Å². The quantitative estimate of drug-likeness (QED) is 0.548. The number of rotatable bonds is 6. The molecule has 0 bridgehead atoms. The zero-order chi connectivity index (χ0) is 22.8. The minimum atomic E-state index is -0.407. The fourth-order valence-corrected chi connectivity index (χ4v) is 5.58. The van der Waals surface area contributed by atoms with Gasteiger partial charge in [0.1, 0.15) is 5.82 Å². The molecule has 0 radical (unpaired) electrons. The third-order valence-corrected chi connectivity index (χ3v) is 7.56. The number of likely N-dealkylation sites (tertiary alicyclic amines) is 1. The largest absolute Gasteiger partial charge is 0.355 e. The molecule has 5 heteroatoms. The van der Waals surface area contributed by atoms with E-state index >= 15 is 0 Å². The first kappa shape index (κ1) is 21.8. The third-order valence-electron chi connectivity index (χ3n) is 7.56. The topological polar surface area (TPSA) is 49.4 Å². The SMILES string of the molecule is O=C(CCCN1CCC2(CC1)C(=O)NCC2c1ccc(F)cc1)c1ccc2ccccc2c1. The summed E-state index contributed by atoms with van der Waals surface area (Å²) in [4.78, 5) is 27.9. The summed E-state index contributed by atoms with van der Waals surface area (Å²) in [5.41, 5.74) is 1.40. The van der Waals surface area contributed by atoms with Crippen molar-refractivity contribution >= 4 is 22.5 Å². The first-order chi connectivity index (χ1) is 16.0. The van der Waals surface area contributed by atoms with Crippen molar-refractivity contribution in [2.24, 2.45) is 5.41 Å². The van der Waals surface area contributed by atoms with Crippen LogP contribution >= 0.6 is 0 Å². The van der Waals surface area contributed by atoms with E-state index in [1.807, 2.05) is 48.5 Å². The monoisotopic (exact) mass is 444 g/mol. The van der Waals surface area contributed by atoms with Crippen LogP contribution in [0, 0.1) is 11.2 Å². The lowest BCUT2D eigenvalue weighted by Crippen LogP contribution is -2.46. The van der Waals surface area contributed by atoms with Gasteiger partial charge in [-0.15, -0.1) is 0 Å². The van der Waals surface area contributed by atoms with Crippen LogP contribution in [0.4, 0.5) is 4.39 Å². The second-order valence-corrected chi connectivity index (χ2v) is 9.40. The van der Waals surface area contributed by atoms with Gasteiger partial charge in [0.25, 0.3) is 0 Å². The van der Waals surface area contributed by atoms with Gasteiger partial charge >= 0.3 is 0 Å². The number of piperidine rings is 1. The van der Waals surface area contributed by atoms with Crippen LogP contribution in [-0.2, 0) is 4.79 Å². The molecule has 0 aromatic heterocycles. The number of halogens is 1. The molecule has 1 unspecified atom stereocenters. The predicted molar refractivity (Wildman–Crippen MR) is 128 cm³/mol. The fourth-order valence-electron chi connectivity index (χ4n) is 5.58. The first-order valence-electron chi connectivity index (χ1n) is 11.8. The Bertz CT molecular complexity index is 1170. The number of ketones is 1. The van der Waals surface area contributed by atoms with Crippen LogP contribution < -0.4 is 5.32 Å². The van der Waals surface area contributed by atoms with Crippen LogP contribution in [0.5, 0.6) is 0 Å². The average molecular weight is 445 g/mol. The van der Waals surface area contributed by atoms with Crippen molar-refractivity contribution in [1.82, 2.24) is 10.2 Å². The summed E-state index contributed by atoms with van der Waals surface area (Å²) in [6.45, 7) is 3.16. The van der Waals surface area contributed by atoms with Crippen molar-refractivity contribution in [2.75, 3.05) is 26.2 Å². The molecule has 2 fully saturated rings. The minimum absolute atomic E-state index is 0.0854. The second-order valence-electron chi connectivity index (χ2n) is 9.40. The minimum Gasteiger partial charge on any atom is -0.355 e. The van der Waals surface area contributed by atoms with Crippen molar-refractivity contribution in [3.8, 4) is 0 Å². The molecule has 2 heterocycles. The van der Waals surface area contributed by atoms with Crippen molar-refractivity contribution in [3.05, 3.63) is 83.7 Å². The molecule has 2 aliphatic rings. The molecule has 1 atom stereocenters. The summed E-state index contributed by atoms with van der Waals surface area (Å²) in [5, 5.41) is 5.29. The summed E-state index contributed by atoms with van der Waals surface area (Å²) < 4.78 is 13.4. The number of fused-ring (bicyclic) bond motifs is 1. The van der Waals surface area contributed by atoms with E-state index in [0.717, 1.165) is 60.8 Å². The standard InChI is InChI=1S/C28H29FN2O2/c29-24-11-9-21(10-12-24)25-19-30-27(33)28(25)13-16-31(17-14-28)15-3-6-26(32)23-8-7-20-4-1-2-5-22(20)18-23/h1-2,4-5,7-12,18,25H,3,6,13-17,19H2,(H,30,33). The molecule has 1 amide bonds. The van der Waals surface area contributed by atoms with Crippen LogP contribution in [0.3, 0.4) is 0 Å². The van der Waals surface area contributed by atoms with E-state index in [4.69, 9.17) is 0 Å². The van der Waals surface area contributed by atoms with Crippen molar-refractivity contribution in [3.63, 3.8) is 0 Å². The lowest BCUT2D eigenvalue weighted by Gasteiger charge is -2.41. The van der Waals surface area contributed by atoms with E-state index in [2.05, 4.69) is 16.3 Å². The van der Waals surface area contributed by atoms with Crippen molar-refractivity contribution < 1.29 is 14.0 Å². The van der Waals surface area contributed by atoms with Gasteiger partial charge in [0.15, 0.2) is 5.78 Å². The number of nitrogens with one attached hydrogen (secondary N) is 1. The van der Waals surface area contributed by atoms with Gasteiger partial charge in [0.2, 0.25) is 5.91 Å². The summed E-state index contributed by atoms with van der Waals surface area (Å²) in [6, 6.07) is 20.6. The molecule has 0 saturated carbocycles. The van der Waals surface area contributed by atoms with Gasteiger partial charge in [-0.1, -0.05) is 48.5 Å². The Morgan fingerprint density at radius 1 is 1.00 bits per heavy atom. The molecule has 5 rings (SSSR count). The average Bonchev–Trinajstić information content (AvgIpc) is 3.16. The number of amides is 1. The molecule has 170 valence electrons. The number of hydrogen-bond donors (Lipinski definition) is 1. The molecule has 2 saturated heterocycles. The fraction of sp³-hybridized carbons (Fsp3) is 0.357. The maximum absolute atomic E-state index is 13.4. The van der Waals surface area contributed by atoms with Gasteiger partial charge in [-0.25, -0.2) is 4.39 Å². The molecule has 2 aliphatic heterocycles. The molecule has 4 nitrogen and oxygen atoms in total. The summed E-state index contributed by atoms with van der Waals surface area (Å²) in [5.74, 6) is 0.143. The maximum Gasteiger partial charge on any atom is 0.227 e. The van der Waals surface area contributed by atoms with Crippen LogP contribution in [-0.4, -0.2) is 42.8 Å². The second kappa shape index (κ2) is 9.06. The Labute approximate surface area is 193 Å². The highest BCUT2D eigenvalue weighted by atomic mass is 19.1. The van der Waals surface area contributed by atoms with Gasteiger partial charge in [-0.2, -0.15) is 0 Å². The smallest absolute Gasteiger partial charge is 0.227 e. The third kappa shape index (κ3) is 4.30. The number of hydrogen-bond acceptors (Lipinski definition) is 3. The number of carbonyl (C=O) groups is 2. The van der Waals surface area contributed by atoms with Crippen LogP contribution in [0.15, 0.2) is 66.7 Å². The normalized spacial score (nSPS) is 20.3. The Balaban J connectivity index is 1.16. The van der Waals surface area contributed by atoms with Gasteiger partial charge in [0.05, 0.1) is 5.41 Å². The predicted octanol–water partition coefficient (Wildman–Crippen LogP) is 4.94. The van der Waals surface area contributed by atoms with Crippen LogP contribution in [0.25, 0.3) is 10.8 Å². The molecule has 33 heavy (non-hydrogen) atoms. The molecule has 3 aromatic rings. The molecule has 0 aliphatic carbocycles. The van der Waals surface area contributed by atoms with Gasteiger partial charge in [-0.3, -0.25) is 9.59 Å². The summed E-state index contributed by atoms with van der Waals surface area (Å²) >= 11 is 0. The van der Waals surface area contributed by atoms with Crippen molar-refractivity contribution in [1.29, 1.82) is 0 Å². The number of Topliss-reactive ketones (excluding diaryl/α,β-unsaturated/α-hetero) is 1. The van der Waals surface area contributed by atoms with Gasteiger partial charge in [0, 0.05) is 24.4 Å². The van der Waals surface area contributed by atoms with E-state index < -0.39 is 5.41 Å². The van der Waals surface area contributed by atoms with Crippen molar-refractivity contribution in [2.45, 2.75) is 31.6 Å². The highest BCUT2D eigenvalue weighted by molar-refractivity contribution is 5.99. The number of carbonyl (C=O) groups excluding carboxylic acids is 2. The number of benzene rings is 3. The van der Waals surface area contributed by atoms with E-state index in [-0.39, 0.29) is 23.4 Å². The highest BCUT2D eigenvalue weighted by Gasteiger charge is 2.51. The van der Waals surface area contributed by atoms with E-state index in [9.17, 15) is 14.0 Å².